The number of benzene rings is 1. The first-order chi connectivity index (χ1) is 11.3. The average Bonchev–Trinajstić information content (AvgIpc) is 3.10. The molecule has 0 radical (unpaired) electrons. The van der Waals surface area contributed by atoms with Gasteiger partial charge in [-0.1, -0.05) is 35.5 Å². The highest BCUT2D eigenvalue weighted by Crippen LogP contribution is 2.16. The average molecular weight is 312 g/mol. The minimum atomic E-state index is -0.314. The van der Waals surface area contributed by atoms with Crippen LogP contribution in [0.5, 0.6) is 0 Å². The van der Waals surface area contributed by atoms with Crippen LogP contribution >= 0.6 is 0 Å². The van der Waals surface area contributed by atoms with Crippen molar-refractivity contribution in [2.45, 2.75) is 6.61 Å². The van der Waals surface area contributed by atoms with Gasteiger partial charge < -0.3 is 19.1 Å². The molecule has 7 nitrogen and oxygen atoms in total. The fourth-order valence-electron chi connectivity index (χ4n) is 2.40. The number of hydrogen-bond acceptors (Lipinski definition) is 6. The summed E-state index contributed by atoms with van der Waals surface area (Å²) in [6.45, 7) is 2.61. The molecule has 23 heavy (non-hydrogen) atoms. The summed E-state index contributed by atoms with van der Waals surface area (Å²) in [5.41, 5.74) is 0.964. The van der Waals surface area contributed by atoms with E-state index < -0.39 is 0 Å². The molecule has 1 amide bonds. The van der Waals surface area contributed by atoms with Gasteiger partial charge in [-0.15, -0.1) is 0 Å². The van der Waals surface area contributed by atoms with Gasteiger partial charge in [0.25, 0.3) is 0 Å². The molecule has 0 spiro atoms. The second-order valence-corrected chi connectivity index (χ2v) is 5.18. The Balaban J connectivity index is 1.48. The van der Waals surface area contributed by atoms with Gasteiger partial charge in [0.1, 0.15) is 12.7 Å². The molecule has 1 aromatic carbocycles. The van der Waals surface area contributed by atoms with Crippen LogP contribution in [-0.4, -0.2) is 42.3 Å². The van der Waals surface area contributed by atoms with E-state index in [1.165, 1.54) is 0 Å². The summed E-state index contributed by atoms with van der Waals surface area (Å²) in [5, 5.41) is 12.6. The van der Waals surface area contributed by atoms with E-state index in [1.54, 1.807) is 11.0 Å². The monoisotopic (exact) mass is 312 g/mol. The minimum Gasteiger partial charge on any atom is -0.445 e. The Morgan fingerprint density at radius 3 is 2.65 bits per heavy atom. The number of piperazine rings is 1. The predicted molar refractivity (Wildman–Crippen MR) is 81.6 cm³/mol. The smallest absolute Gasteiger partial charge is 0.410 e. The molecule has 0 bridgehead atoms. The highest BCUT2D eigenvalue weighted by Gasteiger charge is 2.24. The van der Waals surface area contributed by atoms with Gasteiger partial charge in [0.05, 0.1) is 0 Å². The molecule has 3 rings (SSSR count). The van der Waals surface area contributed by atoms with Crippen molar-refractivity contribution in [1.82, 2.24) is 10.1 Å². The number of nitriles is 1. The van der Waals surface area contributed by atoms with E-state index in [0.29, 0.717) is 32.0 Å². The largest absolute Gasteiger partial charge is 0.445 e. The Kier molecular flexibility index (Phi) is 4.43. The fraction of sp³-hybridized carbons (Fsp3) is 0.312. The van der Waals surface area contributed by atoms with Crippen LogP contribution in [0.15, 0.2) is 40.9 Å². The molecule has 2 aromatic rings. The van der Waals surface area contributed by atoms with E-state index in [0.717, 1.165) is 5.56 Å². The van der Waals surface area contributed by atoms with Crippen molar-refractivity contribution in [2.75, 3.05) is 31.1 Å². The molecule has 1 aliphatic heterocycles. The van der Waals surface area contributed by atoms with Crippen LogP contribution in [0.1, 0.15) is 11.3 Å². The molecule has 0 aliphatic carbocycles. The summed E-state index contributed by atoms with van der Waals surface area (Å²) in [7, 11) is 0. The van der Waals surface area contributed by atoms with Crippen molar-refractivity contribution >= 4 is 11.9 Å². The summed E-state index contributed by atoms with van der Waals surface area (Å²) in [5.74, 6) is 0.809. The maximum atomic E-state index is 12.1. The number of carbonyl (C=O) groups excluding carboxylic acids is 1. The lowest BCUT2D eigenvalue weighted by molar-refractivity contribution is 0.0941. The van der Waals surface area contributed by atoms with Gasteiger partial charge in [-0.3, -0.25) is 0 Å². The van der Waals surface area contributed by atoms with Crippen molar-refractivity contribution in [3.8, 4) is 6.07 Å². The molecule has 0 saturated carbocycles. The van der Waals surface area contributed by atoms with E-state index >= 15 is 0 Å². The highest BCUT2D eigenvalue weighted by atomic mass is 16.6. The standard InChI is InChI=1S/C16H16N4O3/c17-11-14-10-15(18-23-14)19-6-8-20(9-7-19)16(21)22-12-13-4-2-1-3-5-13/h1-5,10H,6-9,12H2. The quantitative estimate of drug-likeness (QED) is 0.862. The lowest BCUT2D eigenvalue weighted by Crippen LogP contribution is -2.49. The highest BCUT2D eigenvalue weighted by molar-refractivity contribution is 5.68. The molecular weight excluding hydrogens is 296 g/mol. The lowest BCUT2D eigenvalue weighted by atomic mass is 10.2. The van der Waals surface area contributed by atoms with Gasteiger partial charge in [0.15, 0.2) is 5.82 Å². The molecule has 118 valence electrons. The topological polar surface area (TPSA) is 82.6 Å². The third kappa shape index (κ3) is 3.61. The zero-order chi connectivity index (χ0) is 16.1. The number of nitrogens with zero attached hydrogens (tertiary/aromatic N) is 4. The Morgan fingerprint density at radius 2 is 2.00 bits per heavy atom. The molecule has 1 saturated heterocycles. The molecule has 7 heteroatoms. The van der Waals surface area contributed by atoms with E-state index in [1.807, 2.05) is 41.3 Å². The fourth-order valence-corrected chi connectivity index (χ4v) is 2.40. The predicted octanol–water partition coefficient (Wildman–Crippen LogP) is 2.01. The SMILES string of the molecule is N#Cc1cc(N2CCN(C(=O)OCc3ccccc3)CC2)no1. The maximum absolute atomic E-state index is 12.1. The first-order valence-electron chi connectivity index (χ1n) is 7.33. The molecule has 0 unspecified atom stereocenters. The minimum absolute atomic E-state index is 0.185. The van der Waals surface area contributed by atoms with Crippen molar-refractivity contribution in [2.24, 2.45) is 0 Å². The molecule has 0 N–H and O–H groups in total. The van der Waals surface area contributed by atoms with E-state index in [9.17, 15) is 4.79 Å². The molecule has 1 aromatic heterocycles. The summed E-state index contributed by atoms with van der Waals surface area (Å²) < 4.78 is 10.2. The Bertz CT molecular complexity index is 700. The zero-order valence-electron chi connectivity index (χ0n) is 12.5. The lowest BCUT2D eigenvalue weighted by Gasteiger charge is -2.33. The molecular formula is C16H16N4O3. The first kappa shape index (κ1) is 14.9. The number of aromatic nitrogens is 1. The summed E-state index contributed by atoms with van der Waals surface area (Å²) >= 11 is 0. The number of carbonyl (C=O) groups is 1. The van der Waals surface area contributed by atoms with Gasteiger partial charge in [-0.05, 0) is 5.56 Å². The van der Waals surface area contributed by atoms with Gasteiger partial charge in [-0.25, -0.2) is 4.79 Å². The van der Waals surface area contributed by atoms with Crippen molar-refractivity contribution < 1.29 is 14.1 Å². The molecule has 1 fully saturated rings. The van der Waals surface area contributed by atoms with E-state index in [2.05, 4.69) is 5.16 Å². The van der Waals surface area contributed by atoms with Crippen LogP contribution in [0, 0.1) is 11.3 Å². The number of rotatable bonds is 3. The third-order valence-electron chi connectivity index (χ3n) is 3.67. The van der Waals surface area contributed by atoms with Crippen LogP contribution in [0.25, 0.3) is 0 Å². The summed E-state index contributed by atoms with van der Waals surface area (Å²) in [4.78, 5) is 15.7. The van der Waals surface area contributed by atoms with Gasteiger partial charge >= 0.3 is 6.09 Å². The van der Waals surface area contributed by atoms with Crippen LogP contribution in [0.4, 0.5) is 10.6 Å². The number of anilines is 1. The van der Waals surface area contributed by atoms with Crippen LogP contribution in [-0.2, 0) is 11.3 Å². The number of ether oxygens (including phenoxy) is 1. The molecule has 2 heterocycles. The Labute approximate surface area is 133 Å². The normalized spacial score (nSPS) is 14.4. The molecule has 1 aliphatic rings. The van der Waals surface area contributed by atoms with Gasteiger partial charge in [-0.2, -0.15) is 5.26 Å². The Hall–Kier alpha value is -3.01. The van der Waals surface area contributed by atoms with Crippen LogP contribution in [0.2, 0.25) is 0 Å². The second kappa shape index (κ2) is 6.83. The van der Waals surface area contributed by atoms with Gasteiger partial charge in [0.2, 0.25) is 5.76 Å². The first-order valence-corrected chi connectivity index (χ1v) is 7.33. The number of hydrogen-bond donors (Lipinski definition) is 0. The van der Waals surface area contributed by atoms with Crippen molar-refractivity contribution in [3.05, 3.63) is 47.7 Å². The van der Waals surface area contributed by atoms with Gasteiger partial charge in [0, 0.05) is 32.2 Å². The van der Waals surface area contributed by atoms with Crippen LogP contribution in [0.3, 0.4) is 0 Å². The number of amides is 1. The van der Waals surface area contributed by atoms with E-state index in [4.69, 9.17) is 14.5 Å². The maximum Gasteiger partial charge on any atom is 0.410 e. The summed E-state index contributed by atoms with van der Waals surface area (Å²) in [6, 6.07) is 13.1. The Morgan fingerprint density at radius 1 is 1.26 bits per heavy atom. The van der Waals surface area contributed by atoms with E-state index in [-0.39, 0.29) is 18.5 Å². The van der Waals surface area contributed by atoms with Crippen LogP contribution < -0.4 is 4.90 Å². The third-order valence-corrected chi connectivity index (χ3v) is 3.67. The summed E-state index contributed by atoms with van der Waals surface area (Å²) in [6.07, 6.45) is -0.314. The van der Waals surface area contributed by atoms with Crippen molar-refractivity contribution in [1.29, 1.82) is 5.26 Å². The second-order valence-electron chi connectivity index (χ2n) is 5.18. The van der Waals surface area contributed by atoms with Crippen molar-refractivity contribution in [3.63, 3.8) is 0 Å². The molecule has 0 atom stereocenters. The zero-order valence-corrected chi connectivity index (χ0v) is 12.5.